The predicted octanol–water partition coefficient (Wildman–Crippen LogP) is 5.59. The third-order valence-corrected chi connectivity index (χ3v) is 5.31. The lowest BCUT2D eigenvalue weighted by molar-refractivity contribution is -0.136. The topological polar surface area (TPSA) is 88.2 Å². The molecule has 0 amide bonds. The molecule has 0 bridgehead atoms. The van der Waals surface area contributed by atoms with Crippen LogP contribution in [-0.2, 0) is 17.8 Å². The summed E-state index contributed by atoms with van der Waals surface area (Å²) in [7, 11) is 0. The summed E-state index contributed by atoms with van der Waals surface area (Å²) in [5.41, 5.74) is 5.53. The van der Waals surface area contributed by atoms with E-state index in [9.17, 15) is 4.79 Å². The van der Waals surface area contributed by atoms with Gasteiger partial charge in [-0.05, 0) is 47.6 Å². The van der Waals surface area contributed by atoms with Crippen molar-refractivity contribution in [1.82, 2.24) is 15.5 Å². The van der Waals surface area contributed by atoms with E-state index in [1.807, 2.05) is 36.4 Å². The molecule has 0 unspecified atom stereocenters. The molecule has 32 heavy (non-hydrogen) atoms. The Labute approximate surface area is 189 Å². The molecular formula is C26H31N3O3. The summed E-state index contributed by atoms with van der Waals surface area (Å²) in [4.78, 5) is 10.6. The molecule has 0 saturated carbocycles. The third kappa shape index (κ3) is 6.62. The highest BCUT2D eigenvalue weighted by atomic mass is 16.4. The van der Waals surface area contributed by atoms with Crippen molar-refractivity contribution < 1.29 is 14.3 Å². The second-order valence-electron chi connectivity index (χ2n) is 7.75. The summed E-state index contributed by atoms with van der Waals surface area (Å²) in [6, 6.07) is 16.4. The molecule has 1 heterocycles. The quantitative estimate of drug-likeness (QED) is 0.362. The van der Waals surface area contributed by atoms with Crippen molar-refractivity contribution in [3.8, 4) is 11.5 Å². The van der Waals surface area contributed by atoms with Crippen molar-refractivity contribution >= 4 is 17.6 Å². The van der Waals surface area contributed by atoms with Crippen molar-refractivity contribution in [3.05, 3.63) is 71.1 Å². The van der Waals surface area contributed by atoms with E-state index in [2.05, 4.69) is 47.6 Å². The first kappa shape index (κ1) is 23.4. The minimum absolute atomic E-state index is 0.111. The monoisotopic (exact) mass is 433 g/mol. The highest BCUT2D eigenvalue weighted by Gasteiger charge is 2.13. The molecule has 3 rings (SSSR count). The first-order valence-electron chi connectivity index (χ1n) is 11.2. The van der Waals surface area contributed by atoms with Gasteiger partial charge in [0.2, 0.25) is 11.8 Å². The molecule has 0 aliphatic heterocycles. The summed E-state index contributed by atoms with van der Waals surface area (Å²) in [5.74, 6) is 0.228. The van der Waals surface area contributed by atoms with E-state index in [4.69, 9.17) is 9.52 Å². The van der Waals surface area contributed by atoms with E-state index < -0.39 is 5.97 Å². The minimum Gasteiger partial charge on any atom is -0.481 e. The number of rotatable bonds is 12. The molecule has 0 aliphatic carbocycles. The molecule has 0 aliphatic rings. The number of nitrogens with one attached hydrogen (secondary N) is 1. The Bertz CT molecular complexity index is 1040. The highest BCUT2D eigenvalue weighted by Crippen LogP contribution is 2.27. The van der Waals surface area contributed by atoms with Crippen LogP contribution in [0.4, 0.5) is 0 Å². The zero-order valence-electron chi connectivity index (χ0n) is 18.8. The maximum atomic E-state index is 10.6. The summed E-state index contributed by atoms with van der Waals surface area (Å²) >= 11 is 0. The van der Waals surface area contributed by atoms with Crippen LogP contribution >= 0.6 is 0 Å². The molecular weight excluding hydrogens is 402 g/mol. The normalized spacial score (nSPS) is 11.6. The van der Waals surface area contributed by atoms with Gasteiger partial charge in [-0.15, -0.1) is 10.2 Å². The van der Waals surface area contributed by atoms with Gasteiger partial charge in [-0.25, -0.2) is 0 Å². The molecule has 6 nitrogen and oxygen atoms in total. The number of allylic oxidation sites excluding steroid dienone is 1. The molecule has 6 heteroatoms. The Morgan fingerprint density at radius 1 is 1.09 bits per heavy atom. The Hall–Kier alpha value is -3.25. The predicted molar refractivity (Wildman–Crippen MR) is 127 cm³/mol. The lowest BCUT2D eigenvalue weighted by atomic mass is 10.00. The van der Waals surface area contributed by atoms with Crippen LogP contribution in [-0.4, -0.2) is 27.8 Å². The van der Waals surface area contributed by atoms with Gasteiger partial charge in [0.05, 0.1) is 6.42 Å². The Kier molecular flexibility index (Phi) is 8.75. The van der Waals surface area contributed by atoms with Crippen molar-refractivity contribution in [2.24, 2.45) is 0 Å². The standard InChI is InChI=1S/C26H31N3O3/c1-3-5-9-22(21-10-7-6-8-11-21)17-24-28-29-26(32-24)23-13-12-19(16-20(23)4-2)18-27-15-14-25(30)31/h6-8,10-13,16-17,27H,3-5,9,14-15,18H2,1-2H3,(H,30,31)/b22-17+. The van der Waals surface area contributed by atoms with Crippen molar-refractivity contribution in [2.75, 3.05) is 6.54 Å². The van der Waals surface area contributed by atoms with Crippen LogP contribution in [0.3, 0.4) is 0 Å². The molecule has 2 N–H and O–H groups in total. The average molecular weight is 434 g/mol. The van der Waals surface area contributed by atoms with Crippen LogP contribution in [0.2, 0.25) is 0 Å². The smallest absolute Gasteiger partial charge is 0.304 e. The number of carbonyl (C=O) groups is 1. The summed E-state index contributed by atoms with van der Waals surface area (Å²) < 4.78 is 6.03. The van der Waals surface area contributed by atoms with Crippen LogP contribution in [0.15, 0.2) is 52.9 Å². The number of carboxylic acids is 1. The van der Waals surface area contributed by atoms with Gasteiger partial charge in [0.25, 0.3) is 0 Å². The van der Waals surface area contributed by atoms with Crippen LogP contribution in [0, 0.1) is 0 Å². The van der Waals surface area contributed by atoms with Crippen molar-refractivity contribution in [2.45, 2.75) is 52.5 Å². The van der Waals surface area contributed by atoms with Gasteiger partial charge in [-0.2, -0.15) is 0 Å². The maximum Gasteiger partial charge on any atom is 0.304 e. The number of carboxylic acid groups (broad SMARTS) is 1. The number of aliphatic carboxylic acids is 1. The van der Waals surface area contributed by atoms with E-state index >= 15 is 0 Å². The van der Waals surface area contributed by atoms with E-state index in [1.54, 1.807) is 0 Å². The number of unbranched alkanes of at least 4 members (excludes halogenated alkanes) is 1. The minimum atomic E-state index is -0.798. The average Bonchev–Trinajstić information content (AvgIpc) is 3.28. The van der Waals surface area contributed by atoms with E-state index in [0.29, 0.717) is 24.9 Å². The van der Waals surface area contributed by atoms with Crippen LogP contribution in [0.1, 0.15) is 62.1 Å². The number of hydrogen-bond donors (Lipinski definition) is 2. The van der Waals surface area contributed by atoms with E-state index in [0.717, 1.165) is 42.4 Å². The van der Waals surface area contributed by atoms with Gasteiger partial charge < -0.3 is 14.8 Å². The lowest BCUT2D eigenvalue weighted by Crippen LogP contribution is -2.17. The molecule has 0 radical (unpaired) electrons. The van der Waals surface area contributed by atoms with E-state index in [-0.39, 0.29) is 6.42 Å². The number of aromatic nitrogens is 2. The second kappa shape index (κ2) is 12.0. The van der Waals surface area contributed by atoms with E-state index in [1.165, 1.54) is 11.1 Å². The Morgan fingerprint density at radius 2 is 1.91 bits per heavy atom. The molecule has 0 spiro atoms. The number of aryl methyl sites for hydroxylation is 1. The Morgan fingerprint density at radius 3 is 2.62 bits per heavy atom. The second-order valence-corrected chi connectivity index (χ2v) is 7.75. The number of benzene rings is 2. The third-order valence-electron chi connectivity index (χ3n) is 5.31. The van der Waals surface area contributed by atoms with Gasteiger partial charge >= 0.3 is 5.97 Å². The fourth-order valence-corrected chi connectivity index (χ4v) is 3.56. The Balaban J connectivity index is 1.78. The van der Waals surface area contributed by atoms with Gasteiger partial charge in [0, 0.05) is 24.7 Å². The molecule has 2 aromatic carbocycles. The van der Waals surface area contributed by atoms with Crippen LogP contribution in [0.25, 0.3) is 23.1 Å². The first-order chi connectivity index (χ1) is 15.6. The molecule has 0 saturated heterocycles. The molecule has 0 atom stereocenters. The molecule has 168 valence electrons. The van der Waals surface area contributed by atoms with Gasteiger partial charge in [-0.1, -0.05) is 62.7 Å². The lowest BCUT2D eigenvalue weighted by Gasteiger charge is -2.09. The van der Waals surface area contributed by atoms with Crippen LogP contribution < -0.4 is 5.32 Å². The number of nitrogens with zero attached hydrogens (tertiary/aromatic N) is 2. The molecule has 1 aromatic heterocycles. The fourth-order valence-electron chi connectivity index (χ4n) is 3.56. The van der Waals surface area contributed by atoms with Crippen molar-refractivity contribution in [1.29, 1.82) is 0 Å². The van der Waals surface area contributed by atoms with Crippen molar-refractivity contribution in [3.63, 3.8) is 0 Å². The van der Waals surface area contributed by atoms with Crippen LogP contribution in [0.5, 0.6) is 0 Å². The van der Waals surface area contributed by atoms with Gasteiger partial charge in [0.1, 0.15) is 0 Å². The van der Waals surface area contributed by atoms with Gasteiger partial charge in [0.15, 0.2) is 0 Å². The maximum absolute atomic E-state index is 10.6. The highest BCUT2D eigenvalue weighted by molar-refractivity contribution is 5.79. The summed E-state index contributed by atoms with van der Waals surface area (Å²) in [6.45, 7) is 5.34. The molecule has 3 aromatic rings. The number of hydrogen-bond acceptors (Lipinski definition) is 5. The SMILES string of the molecule is CCCC/C(=C\c1nnc(-c2ccc(CNCCC(=O)O)cc2CC)o1)c1ccccc1. The van der Waals surface area contributed by atoms with Gasteiger partial charge in [-0.3, -0.25) is 4.79 Å². The summed E-state index contributed by atoms with van der Waals surface area (Å²) in [5, 5.41) is 20.5. The fraction of sp³-hybridized carbons (Fsp3) is 0.346. The zero-order chi connectivity index (χ0) is 22.8. The zero-order valence-corrected chi connectivity index (χ0v) is 18.8. The largest absolute Gasteiger partial charge is 0.481 e. The molecule has 0 fully saturated rings. The first-order valence-corrected chi connectivity index (χ1v) is 11.2. The summed E-state index contributed by atoms with van der Waals surface area (Å²) in [6.07, 6.45) is 6.12.